The van der Waals surface area contributed by atoms with Crippen LogP contribution in [0.5, 0.6) is 5.75 Å². The molecule has 0 spiro atoms. The Kier molecular flexibility index (Phi) is 12.2. The van der Waals surface area contributed by atoms with Gasteiger partial charge in [-0.3, -0.25) is 4.79 Å². The molecule has 0 fully saturated rings. The Labute approximate surface area is 253 Å². The van der Waals surface area contributed by atoms with Crippen LogP contribution in [-0.4, -0.2) is 66.6 Å². The van der Waals surface area contributed by atoms with Crippen LogP contribution in [0.4, 0.5) is 0 Å². The van der Waals surface area contributed by atoms with Crippen molar-refractivity contribution in [3.05, 3.63) is 103 Å². The molecule has 8 nitrogen and oxygen atoms in total. The van der Waals surface area contributed by atoms with Gasteiger partial charge in [0.25, 0.3) is 0 Å². The number of nitrogens with zero attached hydrogens (tertiary/aromatic N) is 1. The van der Waals surface area contributed by atoms with Gasteiger partial charge in [0.15, 0.2) is 6.10 Å². The van der Waals surface area contributed by atoms with E-state index < -0.39 is 36.5 Å². The van der Waals surface area contributed by atoms with E-state index in [0.29, 0.717) is 24.3 Å². The summed E-state index contributed by atoms with van der Waals surface area (Å²) in [5.41, 5.74) is 2.63. The van der Waals surface area contributed by atoms with Crippen LogP contribution < -0.4 is 4.74 Å². The molecule has 43 heavy (non-hydrogen) atoms. The second kappa shape index (κ2) is 16.5. The number of aliphatic hydroxyl groups is 1. The van der Waals surface area contributed by atoms with E-state index in [4.69, 9.17) is 23.8 Å². The van der Waals surface area contributed by atoms with E-state index in [2.05, 4.69) is 23.6 Å². The molecule has 2 aromatic rings. The van der Waals surface area contributed by atoms with Gasteiger partial charge < -0.3 is 28.9 Å². The van der Waals surface area contributed by atoms with Gasteiger partial charge in [-0.15, -0.1) is 6.58 Å². The molecule has 0 bridgehead atoms. The van der Waals surface area contributed by atoms with Crippen molar-refractivity contribution in [1.82, 2.24) is 0 Å². The molecule has 1 N–H and O–H groups in total. The quantitative estimate of drug-likeness (QED) is 0.122. The minimum Gasteiger partial charge on any atom is -0.483 e. The smallest absolute Gasteiger partial charge is 0.306 e. The molecule has 226 valence electrons. The fraction of sp³-hybridized carbons (Fsp3) is 0.371. The van der Waals surface area contributed by atoms with Gasteiger partial charge in [-0.2, -0.15) is 0 Å². The first-order chi connectivity index (χ1) is 20.9. The van der Waals surface area contributed by atoms with Gasteiger partial charge in [-0.05, 0) is 69.2 Å². The molecule has 1 unspecified atom stereocenters. The highest BCUT2D eigenvalue weighted by molar-refractivity contribution is 5.85. The topological polar surface area (TPSA) is 95.8 Å². The van der Waals surface area contributed by atoms with E-state index >= 15 is 0 Å². The van der Waals surface area contributed by atoms with E-state index in [0.717, 1.165) is 11.1 Å². The molecule has 0 radical (unpaired) electrons. The summed E-state index contributed by atoms with van der Waals surface area (Å²) in [6.07, 6.45) is 7.65. The highest BCUT2D eigenvalue weighted by atomic mass is 16.7. The van der Waals surface area contributed by atoms with Crippen molar-refractivity contribution in [3.63, 3.8) is 0 Å². The second-order valence-corrected chi connectivity index (χ2v) is 10.4. The number of benzene rings is 2. The number of hydrogen-bond donors (Lipinski definition) is 1. The third-order valence-electron chi connectivity index (χ3n) is 6.83. The highest BCUT2D eigenvalue weighted by Crippen LogP contribution is 2.22. The standard InChI is InChI=1S/C35H39NO7/c1-4-8-28-19-21-32(33(23-37)41-28)43-36-26(3)13-22-35(38)39-24-34-31(40-29-15-11-25(2)12-16-29)20-18-30(42-34)17-14-27-9-6-5-7-10-27/h4-7,9-12,15-16,18-21,28,30-34,37H,1,8,13,22-24H2,2-3H3/t28-,30-,31-,32?,33+,34-/m1/s1. The van der Waals surface area contributed by atoms with Crippen LogP contribution >= 0.6 is 0 Å². The summed E-state index contributed by atoms with van der Waals surface area (Å²) in [7, 11) is 0. The first-order valence-corrected chi connectivity index (χ1v) is 14.5. The van der Waals surface area contributed by atoms with E-state index in [1.807, 2.05) is 85.8 Å². The predicted octanol–water partition coefficient (Wildman–Crippen LogP) is 5.09. The number of rotatable bonds is 12. The molecule has 6 atom stereocenters. The number of hydrogen-bond acceptors (Lipinski definition) is 8. The summed E-state index contributed by atoms with van der Waals surface area (Å²) in [5, 5.41) is 13.8. The third-order valence-corrected chi connectivity index (χ3v) is 6.83. The molecule has 2 aromatic carbocycles. The van der Waals surface area contributed by atoms with Crippen LogP contribution in [0.2, 0.25) is 0 Å². The van der Waals surface area contributed by atoms with Crippen molar-refractivity contribution in [1.29, 1.82) is 0 Å². The summed E-state index contributed by atoms with van der Waals surface area (Å²) in [6.45, 7) is 7.30. The van der Waals surface area contributed by atoms with E-state index in [1.165, 1.54) is 0 Å². The largest absolute Gasteiger partial charge is 0.483 e. The molecule has 0 aliphatic carbocycles. The van der Waals surface area contributed by atoms with Gasteiger partial charge >= 0.3 is 5.97 Å². The highest BCUT2D eigenvalue weighted by Gasteiger charge is 2.30. The minimum absolute atomic E-state index is 0.00414. The van der Waals surface area contributed by atoms with Gasteiger partial charge in [-0.1, -0.05) is 65.0 Å². The Bertz CT molecular complexity index is 1340. The molecule has 4 rings (SSSR count). The SMILES string of the molecule is C=CC[C@@H]1C=CC(ON=C(C)CCC(=O)OC[C@H]2O[C@H](C#Cc3ccccc3)C=C[C@H]2Oc2ccc(C)cc2)[C@H](CO)O1. The van der Waals surface area contributed by atoms with Crippen molar-refractivity contribution >= 4 is 11.7 Å². The van der Waals surface area contributed by atoms with Gasteiger partial charge in [-0.25, -0.2) is 0 Å². The van der Waals surface area contributed by atoms with Crippen LogP contribution in [-0.2, 0) is 23.8 Å². The summed E-state index contributed by atoms with van der Waals surface area (Å²) in [6, 6.07) is 17.4. The number of aryl methyl sites for hydroxylation is 1. The van der Waals surface area contributed by atoms with Crippen molar-refractivity contribution in [2.24, 2.45) is 5.16 Å². The Morgan fingerprint density at radius 1 is 1.00 bits per heavy atom. The molecule has 0 saturated carbocycles. The summed E-state index contributed by atoms with van der Waals surface area (Å²) in [5.74, 6) is 6.55. The van der Waals surface area contributed by atoms with Crippen LogP contribution in [0, 0.1) is 18.8 Å². The lowest BCUT2D eigenvalue weighted by Gasteiger charge is -2.30. The van der Waals surface area contributed by atoms with Gasteiger partial charge in [0.1, 0.15) is 36.8 Å². The molecule has 2 aliphatic rings. The molecule has 0 saturated heterocycles. The third kappa shape index (κ3) is 10.3. The lowest BCUT2D eigenvalue weighted by Crippen LogP contribution is -2.42. The number of carbonyl (C=O) groups is 1. The Morgan fingerprint density at radius 2 is 1.77 bits per heavy atom. The first-order valence-electron chi connectivity index (χ1n) is 14.5. The fourth-order valence-electron chi connectivity index (χ4n) is 4.41. The van der Waals surface area contributed by atoms with E-state index in [9.17, 15) is 9.90 Å². The second-order valence-electron chi connectivity index (χ2n) is 10.4. The maximum atomic E-state index is 12.7. The van der Waals surface area contributed by atoms with Crippen molar-refractivity contribution in [3.8, 4) is 17.6 Å². The molecular weight excluding hydrogens is 546 g/mol. The number of aliphatic hydroxyl groups excluding tert-OH is 1. The lowest BCUT2D eigenvalue weighted by molar-refractivity contribution is -0.151. The molecule has 2 aliphatic heterocycles. The number of ether oxygens (including phenoxy) is 4. The van der Waals surface area contributed by atoms with Gasteiger partial charge in [0.05, 0.1) is 24.8 Å². The minimum atomic E-state index is -0.554. The number of carbonyl (C=O) groups excluding carboxylic acids is 1. The number of esters is 1. The average Bonchev–Trinajstić information content (AvgIpc) is 3.03. The van der Waals surface area contributed by atoms with Crippen LogP contribution in [0.1, 0.15) is 37.3 Å². The molecule has 0 aromatic heterocycles. The fourth-order valence-corrected chi connectivity index (χ4v) is 4.41. The van der Waals surface area contributed by atoms with Crippen molar-refractivity contribution < 1.29 is 33.7 Å². The maximum Gasteiger partial charge on any atom is 0.306 e. The molecular formula is C35H39NO7. The number of oxime groups is 1. The maximum absolute atomic E-state index is 12.7. The Balaban J connectivity index is 1.31. The molecule has 2 heterocycles. The first kappa shape index (κ1) is 31.8. The summed E-state index contributed by atoms with van der Waals surface area (Å²) < 4.78 is 23.8. The zero-order valence-corrected chi connectivity index (χ0v) is 24.6. The summed E-state index contributed by atoms with van der Waals surface area (Å²) >= 11 is 0. The van der Waals surface area contributed by atoms with E-state index in [1.54, 1.807) is 13.0 Å². The Morgan fingerprint density at radius 3 is 2.51 bits per heavy atom. The van der Waals surface area contributed by atoms with Crippen molar-refractivity contribution in [2.75, 3.05) is 13.2 Å². The zero-order valence-electron chi connectivity index (χ0n) is 24.6. The van der Waals surface area contributed by atoms with Gasteiger partial charge in [0, 0.05) is 5.56 Å². The van der Waals surface area contributed by atoms with Crippen molar-refractivity contribution in [2.45, 2.75) is 69.7 Å². The van der Waals surface area contributed by atoms with Crippen LogP contribution in [0.15, 0.2) is 96.7 Å². The van der Waals surface area contributed by atoms with Crippen LogP contribution in [0.3, 0.4) is 0 Å². The van der Waals surface area contributed by atoms with Crippen LogP contribution in [0.25, 0.3) is 0 Å². The molecule has 8 heteroatoms. The monoisotopic (exact) mass is 585 g/mol. The average molecular weight is 586 g/mol. The Hall–Kier alpha value is -4.16. The van der Waals surface area contributed by atoms with Gasteiger partial charge in [0.2, 0.25) is 0 Å². The normalized spacial score (nSPS) is 24.9. The zero-order chi connectivity index (χ0) is 30.4. The summed E-state index contributed by atoms with van der Waals surface area (Å²) in [4.78, 5) is 18.2. The lowest BCUT2D eigenvalue weighted by atomic mass is 10.1. The van der Waals surface area contributed by atoms with E-state index in [-0.39, 0.29) is 25.7 Å². The predicted molar refractivity (Wildman–Crippen MR) is 165 cm³/mol. The molecule has 0 amide bonds.